The van der Waals surface area contributed by atoms with Crippen molar-refractivity contribution in [3.8, 4) is 0 Å². The Morgan fingerprint density at radius 3 is 2.35 bits per heavy atom. The molecule has 6 heteroatoms. The Hall–Kier alpha value is -1.85. The molecule has 0 atom stereocenters. The van der Waals surface area contributed by atoms with Crippen molar-refractivity contribution in [1.29, 1.82) is 0 Å². The minimum atomic E-state index is -0.499. The molecule has 0 unspecified atom stereocenters. The number of piperazine rings is 1. The number of carbonyl (C=O) groups excluding carboxylic acids is 3. The van der Waals surface area contributed by atoms with E-state index in [9.17, 15) is 14.4 Å². The van der Waals surface area contributed by atoms with E-state index in [2.05, 4.69) is 4.74 Å². The van der Waals surface area contributed by atoms with E-state index in [1.165, 1.54) is 12.0 Å². The topological polar surface area (TPSA) is 66.9 Å². The molecule has 0 N–H and O–H groups in total. The molecule has 1 saturated heterocycles. The van der Waals surface area contributed by atoms with Crippen molar-refractivity contribution in [3.05, 3.63) is 11.6 Å². The van der Waals surface area contributed by atoms with Gasteiger partial charge in [0.1, 0.15) is 0 Å². The van der Waals surface area contributed by atoms with Crippen molar-refractivity contribution in [2.45, 2.75) is 26.7 Å². The summed E-state index contributed by atoms with van der Waals surface area (Å²) >= 11 is 0. The monoisotopic (exact) mass is 282 g/mol. The summed E-state index contributed by atoms with van der Waals surface area (Å²) in [5, 5.41) is 0. The van der Waals surface area contributed by atoms with E-state index in [0.717, 1.165) is 6.42 Å². The predicted octanol–water partition coefficient (Wildman–Crippen LogP) is 0.577. The third kappa shape index (κ3) is 3.82. The molecule has 1 aliphatic heterocycles. The fraction of sp³-hybridized carbons (Fsp3) is 0.643. The summed E-state index contributed by atoms with van der Waals surface area (Å²) in [5.74, 6) is -1.35. The normalized spacial score (nSPS) is 16.6. The van der Waals surface area contributed by atoms with Crippen molar-refractivity contribution in [2.75, 3.05) is 33.3 Å². The first-order valence-corrected chi connectivity index (χ1v) is 6.90. The summed E-state index contributed by atoms with van der Waals surface area (Å²) in [4.78, 5) is 38.3. The number of hydrogen-bond acceptors (Lipinski definition) is 4. The zero-order valence-corrected chi connectivity index (χ0v) is 12.3. The van der Waals surface area contributed by atoms with Crippen LogP contribution in [-0.2, 0) is 19.1 Å². The van der Waals surface area contributed by atoms with Crippen LogP contribution < -0.4 is 0 Å². The summed E-state index contributed by atoms with van der Waals surface area (Å²) in [5.41, 5.74) is 0.517. The van der Waals surface area contributed by atoms with Crippen LogP contribution in [0.25, 0.3) is 0 Å². The highest BCUT2D eigenvalue weighted by Crippen LogP contribution is 2.08. The van der Waals surface area contributed by atoms with E-state index in [-0.39, 0.29) is 6.54 Å². The molecular weight excluding hydrogens is 260 g/mol. The highest BCUT2D eigenvalue weighted by atomic mass is 16.5. The second kappa shape index (κ2) is 7.67. The molecule has 20 heavy (non-hydrogen) atoms. The summed E-state index contributed by atoms with van der Waals surface area (Å²) in [6.07, 6.45) is 3.03. The van der Waals surface area contributed by atoms with Crippen LogP contribution in [0.4, 0.5) is 0 Å². The molecule has 1 aliphatic rings. The third-order valence-corrected chi connectivity index (χ3v) is 3.28. The van der Waals surface area contributed by atoms with Gasteiger partial charge in [-0.1, -0.05) is 19.9 Å². The van der Waals surface area contributed by atoms with Gasteiger partial charge in [0, 0.05) is 31.8 Å². The average Bonchev–Trinajstić information content (AvgIpc) is 2.46. The summed E-state index contributed by atoms with van der Waals surface area (Å²) in [7, 11) is 1.32. The molecule has 0 aliphatic carbocycles. The second-order valence-corrected chi connectivity index (χ2v) is 4.62. The fourth-order valence-electron chi connectivity index (χ4n) is 2.10. The molecular formula is C14H22N2O4. The SMILES string of the molecule is CCCN1CCN(C/C=C(/CC)C(=O)OC)C(=O)C1=O. The van der Waals surface area contributed by atoms with Crippen molar-refractivity contribution in [2.24, 2.45) is 0 Å². The molecule has 6 nitrogen and oxygen atoms in total. The molecule has 0 aromatic carbocycles. The van der Waals surface area contributed by atoms with Gasteiger partial charge in [-0.05, 0) is 12.8 Å². The maximum Gasteiger partial charge on any atom is 0.333 e. The first-order chi connectivity index (χ1) is 9.54. The molecule has 0 aromatic heterocycles. The number of rotatable bonds is 6. The number of ether oxygens (including phenoxy) is 1. The lowest BCUT2D eigenvalue weighted by molar-refractivity contribution is -0.155. The van der Waals surface area contributed by atoms with E-state index in [1.54, 1.807) is 11.0 Å². The Labute approximate surface area is 119 Å². The van der Waals surface area contributed by atoms with Crippen LogP contribution in [0.15, 0.2) is 11.6 Å². The molecule has 0 bridgehead atoms. The number of hydrogen-bond donors (Lipinski definition) is 0. The highest BCUT2D eigenvalue weighted by Gasteiger charge is 2.31. The van der Waals surface area contributed by atoms with Gasteiger partial charge in [0.25, 0.3) is 0 Å². The zero-order chi connectivity index (χ0) is 15.1. The van der Waals surface area contributed by atoms with Gasteiger partial charge in [0.15, 0.2) is 0 Å². The predicted molar refractivity (Wildman–Crippen MR) is 73.8 cm³/mol. The van der Waals surface area contributed by atoms with Crippen LogP contribution in [0.3, 0.4) is 0 Å². The summed E-state index contributed by atoms with van der Waals surface area (Å²) in [6, 6.07) is 0. The van der Waals surface area contributed by atoms with Crippen LogP contribution in [0, 0.1) is 0 Å². The molecule has 0 aromatic rings. The van der Waals surface area contributed by atoms with Gasteiger partial charge in [-0.15, -0.1) is 0 Å². The first-order valence-electron chi connectivity index (χ1n) is 6.90. The van der Waals surface area contributed by atoms with Crippen LogP contribution in [0.1, 0.15) is 26.7 Å². The summed E-state index contributed by atoms with van der Waals surface area (Å²) < 4.78 is 4.65. The molecule has 0 spiro atoms. The number of amides is 2. The number of nitrogens with zero attached hydrogens (tertiary/aromatic N) is 2. The molecule has 0 radical (unpaired) electrons. The van der Waals surface area contributed by atoms with Crippen LogP contribution >= 0.6 is 0 Å². The average molecular weight is 282 g/mol. The number of methoxy groups -OCH3 is 1. The highest BCUT2D eigenvalue weighted by molar-refractivity contribution is 6.35. The largest absolute Gasteiger partial charge is 0.466 e. The van der Waals surface area contributed by atoms with Crippen LogP contribution in [-0.4, -0.2) is 60.9 Å². The summed E-state index contributed by atoms with van der Waals surface area (Å²) in [6.45, 7) is 5.73. The van der Waals surface area contributed by atoms with Gasteiger partial charge >= 0.3 is 17.8 Å². The molecule has 1 heterocycles. The Kier molecular flexibility index (Phi) is 6.21. The lowest BCUT2D eigenvalue weighted by Crippen LogP contribution is -2.54. The van der Waals surface area contributed by atoms with E-state index in [1.807, 2.05) is 13.8 Å². The van der Waals surface area contributed by atoms with Crippen molar-refractivity contribution in [3.63, 3.8) is 0 Å². The molecule has 0 saturated carbocycles. The first kappa shape index (κ1) is 16.2. The fourth-order valence-corrected chi connectivity index (χ4v) is 2.10. The van der Waals surface area contributed by atoms with Gasteiger partial charge in [-0.3, -0.25) is 9.59 Å². The smallest absolute Gasteiger partial charge is 0.333 e. The third-order valence-electron chi connectivity index (χ3n) is 3.28. The zero-order valence-electron chi connectivity index (χ0n) is 12.3. The quantitative estimate of drug-likeness (QED) is 0.406. The standard InChI is InChI=1S/C14H22N2O4/c1-4-7-15-9-10-16(13(18)12(15)17)8-6-11(5-2)14(19)20-3/h6H,4-5,7-10H2,1-3H3/b11-6-. The van der Waals surface area contributed by atoms with E-state index >= 15 is 0 Å². The van der Waals surface area contributed by atoms with Gasteiger partial charge in [0.05, 0.1) is 7.11 Å². The van der Waals surface area contributed by atoms with Gasteiger partial charge in [0.2, 0.25) is 0 Å². The maximum absolute atomic E-state index is 11.9. The molecule has 2 amide bonds. The van der Waals surface area contributed by atoms with E-state index in [0.29, 0.717) is 31.6 Å². The van der Waals surface area contributed by atoms with E-state index in [4.69, 9.17) is 0 Å². The minimum absolute atomic E-state index is 0.267. The number of esters is 1. The Balaban J connectivity index is 2.66. The maximum atomic E-state index is 11.9. The lowest BCUT2D eigenvalue weighted by Gasteiger charge is -2.33. The molecule has 112 valence electrons. The molecule has 1 rings (SSSR count). The Bertz CT molecular complexity index is 417. The van der Waals surface area contributed by atoms with Gasteiger partial charge in [-0.2, -0.15) is 0 Å². The van der Waals surface area contributed by atoms with Gasteiger partial charge in [-0.25, -0.2) is 4.79 Å². The van der Waals surface area contributed by atoms with Crippen molar-refractivity contribution < 1.29 is 19.1 Å². The van der Waals surface area contributed by atoms with E-state index < -0.39 is 17.8 Å². The van der Waals surface area contributed by atoms with Crippen LogP contribution in [0.5, 0.6) is 0 Å². The lowest BCUT2D eigenvalue weighted by atomic mass is 10.2. The minimum Gasteiger partial charge on any atom is -0.466 e. The second-order valence-electron chi connectivity index (χ2n) is 4.62. The Morgan fingerprint density at radius 1 is 1.20 bits per heavy atom. The van der Waals surface area contributed by atoms with Crippen molar-refractivity contribution in [1.82, 2.24) is 9.80 Å². The van der Waals surface area contributed by atoms with Crippen molar-refractivity contribution >= 4 is 17.8 Å². The number of carbonyl (C=O) groups is 3. The van der Waals surface area contributed by atoms with Crippen LogP contribution in [0.2, 0.25) is 0 Å². The Morgan fingerprint density at radius 2 is 1.80 bits per heavy atom. The van der Waals surface area contributed by atoms with Gasteiger partial charge < -0.3 is 14.5 Å². The molecule has 1 fully saturated rings.